The van der Waals surface area contributed by atoms with E-state index < -0.39 is 0 Å². The highest BCUT2D eigenvalue weighted by atomic mass is 15.1. The second-order valence-electron chi connectivity index (χ2n) is 5.56. The second-order valence-corrected chi connectivity index (χ2v) is 5.56. The van der Waals surface area contributed by atoms with Crippen LogP contribution in [0.15, 0.2) is 59.7 Å². The largest absolute Gasteiger partial charge is 0.370 e. The molecule has 3 rings (SSSR count). The lowest BCUT2D eigenvalue weighted by Gasteiger charge is -2.30. The summed E-state index contributed by atoms with van der Waals surface area (Å²) in [5, 5.41) is 5.46. The molecule has 21 heavy (non-hydrogen) atoms. The van der Waals surface area contributed by atoms with Crippen molar-refractivity contribution in [2.24, 2.45) is 10.7 Å². The third kappa shape index (κ3) is 2.64. The zero-order chi connectivity index (χ0) is 14.7. The van der Waals surface area contributed by atoms with Crippen LogP contribution in [0, 0.1) is 0 Å². The Labute approximate surface area is 125 Å². The highest BCUT2D eigenvalue weighted by molar-refractivity contribution is 5.84. The summed E-state index contributed by atoms with van der Waals surface area (Å²) >= 11 is 0. The molecular weight excluding hydrogens is 258 g/mol. The molecular formula is C18H21N3. The van der Waals surface area contributed by atoms with Gasteiger partial charge in [-0.15, -0.1) is 0 Å². The van der Waals surface area contributed by atoms with Gasteiger partial charge in [-0.1, -0.05) is 56.2 Å². The lowest BCUT2D eigenvalue weighted by Crippen LogP contribution is -2.37. The van der Waals surface area contributed by atoms with Crippen LogP contribution < -0.4 is 11.1 Å². The molecule has 2 aromatic carbocycles. The number of unbranched alkanes of at least 4 members (excludes halogenated alkanes) is 1. The molecule has 1 unspecified atom stereocenters. The smallest absolute Gasteiger partial charge is 0.193 e. The summed E-state index contributed by atoms with van der Waals surface area (Å²) in [6, 6.07) is 15.0. The molecule has 1 atom stereocenters. The van der Waals surface area contributed by atoms with E-state index >= 15 is 0 Å². The van der Waals surface area contributed by atoms with Crippen LogP contribution in [0.1, 0.15) is 31.7 Å². The maximum atomic E-state index is 5.92. The Morgan fingerprint density at radius 2 is 1.95 bits per heavy atom. The molecule has 0 saturated carbocycles. The van der Waals surface area contributed by atoms with E-state index in [-0.39, 0.29) is 5.54 Å². The van der Waals surface area contributed by atoms with Gasteiger partial charge in [-0.3, -0.25) is 0 Å². The Balaban J connectivity index is 2.09. The number of fused-ring (bicyclic) bond motifs is 1. The Bertz CT molecular complexity index is 702. The van der Waals surface area contributed by atoms with Crippen LogP contribution in [-0.4, -0.2) is 5.96 Å². The number of rotatable bonds is 4. The van der Waals surface area contributed by atoms with Crippen molar-refractivity contribution < 1.29 is 0 Å². The van der Waals surface area contributed by atoms with Crippen molar-refractivity contribution in [3.63, 3.8) is 0 Å². The average Bonchev–Trinajstić information content (AvgIpc) is 2.52. The zero-order valence-electron chi connectivity index (χ0n) is 12.3. The van der Waals surface area contributed by atoms with Gasteiger partial charge in [0.2, 0.25) is 0 Å². The Morgan fingerprint density at radius 3 is 2.71 bits per heavy atom. The summed E-state index contributed by atoms with van der Waals surface area (Å²) in [7, 11) is 0. The molecule has 0 amide bonds. The SMILES string of the molecule is CCCCC1(c2ccc3ccccc3c2)C=CNC(N)=N1. The fourth-order valence-corrected chi connectivity index (χ4v) is 2.90. The standard InChI is InChI=1S/C18H21N3/c1-2-3-10-18(11-12-20-17(19)21-18)16-9-8-14-6-4-5-7-15(14)13-16/h4-9,11-13H,2-3,10H2,1H3,(H3,19,20,21). The summed E-state index contributed by atoms with van der Waals surface area (Å²) in [6.07, 6.45) is 7.27. The van der Waals surface area contributed by atoms with Crippen LogP contribution in [0.25, 0.3) is 10.8 Å². The number of nitrogens with two attached hydrogens (primary N) is 1. The lowest BCUT2D eigenvalue weighted by molar-refractivity contribution is 0.481. The minimum Gasteiger partial charge on any atom is -0.370 e. The van der Waals surface area contributed by atoms with E-state index in [0.717, 1.165) is 19.3 Å². The van der Waals surface area contributed by atoms with Crippen LogP contribution in [0.5, 0.6) is 0 Å². The maximum absolute atomic E-state index is 5.92. The molecule has 3 N–H and O–H groups in total. The van der Waals surface area contributed by atoms with Gasteiger partial charge >= 0.3 is 0 Å². The highest BCUT2D eigenvalue weighted by Crippen LogP contribution is 2.36. The number of nitrogens with one attached hydrogen (secondary N) is 1. The van der Waals surface area contributed by atoms with Crippen LogP contribution in [0.2, 0.25) is 0 Å². The van der Waals surface area contributed by atoms with E-state index in [1.54, 1.807) is 0 Å². The summed E-state index contributed by atoms with van der Waals surface area (Å²) in [6.45, 7) is 2.20. The topological polar surface area (TPSA) is 50.4 Å². The number of benzene rings is 2. The summed E-state index contributed by atoms with van der Waals surface area (Å²) < 4.78 is 0. The minimum absolute atomic E-state index is 0.338. The number of guanidine groups is 1. The molecule has 0 radical (unpaired) electrons. The number of aliphatic imine (C=N–C) groups is 1. The summed E-state index contributed by atoms with van der Waals surface area (Å²) in [5.74, 6) is 0.488. The zero-order valence-corrected chi connectivity index (χ0v) is 12.3. The predicted octanol–water partition coefficient (Wildman–Crippen LogP) is 3.66. The van der Waals surface area contributed by atoms with Gasteiger partial charge in [0.15, 0.2) is 5.96 Å². The Morgan fingerprint density at radius 1 is 1.14 bits per heavy atom. The quantitative estimate of drug-likeness (QED) is 0.897. The molecule has 1 heterocycles. The van der Waals surface area contributed by atoms with E-state index in [1.807, 2.05) is 6.20 Å². The molecule has 0 aromatic heterocycles. The lowest BCUT2D eigenvalue weighted by atomic mass is 9.84. The maximum Gasteiger partial charge on any atom is 0.193 e. The molecule has 2 aromatic rings. The van der Waals surface area contributed by atoms with E-state index in [4.69, 9.17) is 10.7 Å². The van der Waals surface area contributed by atoms with Gasteiger partial charge in [0.1, 0.15) is 5.54 Å². The molecule has 1 aliphatic heterocycles. The first kappa shape index (κ1) is 13.7. The van der Waals surface area contributed by atoms with Crippen molar-refractivity contribution in [2.45, 2.75) is 31.7 Å². The first-order chi connectivity index (χ1) is 10.2. The first-order valence-corrected chi connectivity index (χ1v) is 7.52. The molecule has 3 nitrogen and oxygen atoms in total. The van der Waals surface area contributed by atoms with Gasteiger partial charge in [0.25, 0.3) is 0 Å². The van der Waals surface area contributed by atoms with Crippen molar-refractivity contribution in [3.8, 4) is 0 Å². The van der Waals surface area contributed by atoms with Crippen LogP contribution >= 0.6 is 0 Å². The molecule has 0 aliphatic carbocycles. The van der Waals surface area contributed by atoms with E-state index in [2.05, 4.69) is 60.8 Å². The Hall–Kier alpha value is -2.29. The minimum atomic E-state index is -0.338. The van der Waals surface area contributed by atoms with Crippen LogP contribution in [-0.2, 0) is 5.54 Å². The van der Waals surface area contributed by atoms with Gasteiger partial charge in [0, 0.05) is 6.20 Å². The van der Waals surface area contributed by atoms with E-state index in [0.29, 0.717) is 5.96 Å². The summed E-state index contributed by atoms with van der Waals surface area (Å²) in [5.41, 5.74) is 6.79. The monoisotopic (exact) mass is 279 g/mol. The highest BCUT2D eigenvalue weighted by Gasteiger charge is 2.30. The number of hydrogen-bond acceptors (Lipinski definition) is 3. The van der Waals surface area contributed by atoms with Crippen molar-refractivity contribution in [1.29, 1.82) is 0 Å². The van der Waals surface area contributed by atoms with E-state index in [9.17, 15) is 0 Å². The van der Waals surface area contributed by atoms with Crippen LogP contribution in [0.4, 0.5) is 0 Å². The summed E-state index contributed by atoms with van der Waals surface area (Å²) in [4.78, 5) is 4.72. The molecule has 108 valence electrons. The molecule has 3 heteroatoms. The third-order valence-electron chi connectivity index (χ3n) is 4.07. The van der Waals surface area contributed by atoms with Gasteiger partial charge < -0.3 is 11.1 Å². The van der Waals surface area contributed by atoms with Crippen molar-refractivity contribution >= 4 is 16.7 Å². The fourth-order valence-electron chi connectivity index (χ4n) is 2.90. The normalized spacial score (nSPS) is 21.1. The van der Waals surface area contributed by atoms with Crippen molar-refractivity contribution in [2.75, 3.05) is 0 Å². The fraction of sp³-hybridized carbons (Fsp3) is 0.278. The molecule has 0 bridgehead atoms. The van der Waals surface area contributed by atoms with Gasteiger partial charge in [-0.05, 0) is 34.9 Å². The molecule has 0 saturated heterocycles. The van der Waals surface area contributed by atoms with Crippen molar-refractivity contribution in [3.05, 3.63) is 60.3 Å². The third-order valence-corrected chi connectivity index (χ3v) is 4.07. The van der Waals surface area contributed by atoms with Gasteiger partial charge in [-0.2, -0.15) is 0 Å². The molecule has 0 fully saturated rings. The van der Waals surface area contributed by atoms with Crippen LogP contribution in [0.3, 0.4) is 0 Å². The predicted molar refractivity (Wildman–Crippen MR) is 89.0 cm³/mol. The molecule has 0 spiro atoms. The van der Waals surface area contributed by atoms with Gasteiger partial charge in [-0.25, -0.2) is 4.99 Å². The number of nitrogens with zero attached hydrogens (tertiary/aromatic N) is 1. The second kappa shape index (κ2) is 5.60. The average molecular weight is 279 g/mol. The molecule has 1 aliphatic rings. The van der Waals surface area contributed by atoms with Crippen molar-refractivity contribution in [1.82, 2.24) is 5.32 Å². The van der Waals surface area contributed by atoms with E-state index in [1.165, 1.54) is 16.3 Å². The first-order valence-electron chi connectivity index (χ1n) is 7.52. The Kier molecular flexibility index (Phi) is 3.65. The number of hydrogen-bond donors (Lipinski definition) is 2. The van der Waals surface area contributed by atoms with Gasteiger partial charge in [0.05, 0.1) is 0 Å².